The predicted octanol–water partition coefficient (Wildman–Crippen LogP) is 5.06. The van der Waals surface area contributed by atoms with E-state index in [1.54, 1.807) is 7.11 Å². The van der Waals surface area contributed by atoms with Crippen molar-refractivity contribution in [1.82, 2.24) is 9.80 Å². The molecular formula is C29H38N2O7. The van der Waals surface area contributed by atoms with Crippen molar-refractivity contribution < 1.29 is 33.6 Å². The lowest BCUT2D eigenvalue weighted by Gasteiger charge is -2.30. The second-order valence-corrected chi connectivity index (χ2v) is 9.80. The van der Waals surface area contributed by atoms with Crippen LogP contribution in [0.4, 0.5) is 4.79 Å². The molecule has 9 heteroatoms. The van der Waals surface area contributed by atoms with Crippen molar-refractivity contribution in [3.8, 4) is 17.2 Å². The first-order valence-corrected chi connectivity index (χ1v) is 13.4. The van der Waals surface area contributed by atoms with Crippen LogP contribution in [0.3, 0.4) is 0 Å². The summed E-state index contributed by atoms with van der Waals surface area (Å²) in [5.74, 6) is 1.72. The highest BCUT2D eigenvalue weighted by Gasteiger charge is 2.47. The van der Waals surface area contributed by atoms with Crippen LogP contribution in [0.1, 0.15) is 62.6 Å². The third-order valence-electron chi connectivity index (χ3n) is 7.31. The summed E-state index contributed by atoms with van der Waals surface area (Å²) in [6, 6.07) is 12.7. The molecule has 2 aromatic rings. The maximum Gasteiger partial charge on any atom is 0.506 e. The molecule has 4 rings (SSSR count). The molecule has 2 aliphatic rings. The number of carboxylic acid groups (broad SMARTS) is 1. The van der Waals surface area contributed by atoms with Gasteiger partial charge < -0.3 is 29.0 Å². The number of hydrogen-bond acceptors (Lipinski definition) is 7. The van der Waals surface area contributed by atoms with E-state index < -0.39 is 18.3 Å². The zero-order chi connectivity index (χ0) is 27.1. The molecule has 1 saturated heterocycles. The molecule has 0 unspecified atom stereocenters. The van der Waals surface area contributed by atoms with Gasteiger partial charge in [-0.25, -0.2) is 4.79 Å². The number of carbonyl (C=O) groups excluding carboxylic acids is 1. The minimum Gasteiger partial charge on any atom is -0.497 e. The number of nitrogens with zero attached hydrogens (tertiary/aromatic N) is 2. The van der Waals surface area contributed by atoms with Crippen molar-refractivity contribution in [2.45, 2.75) is 57.6 Å². The number of carbonyl (C=O) groups is 2. The van der Waals surface area contributed by atoms with E-state index in [1.807, 2.05) is 47.4 Å². The van der Waals surface area contributed by atoms with E-state index in [1.165, 1.54) is 0 Å². The summed E-state index contributed by atoms with van der Waals surface area (Å²) >= 11 is 0. The summed E-state index contributed by atoms with van der Waals surface area (Å²) in [6.07, 6.45) is 1.83. The van der Waals surface area contributed by atoms with Crippen LogP contribution in [0.15, 0.2) is 42.5 Å². The number of hydrogen-bond donors (Lipinski definition) is 1. The standard InChI is InChI=1S/C29H38N2O7/c1-4-6-14-30(15-7-5-2)26(32)18-31-17-23(21-10-13-24-25(16-21)37-19-36-24)28(38-29(33)34)27(31)20-8-11-22(35-3)12-9-20/h8-13,16,23,27-28H,4-7,14-15,17-19H2,1-3H3,(H,33,34)/t23-,27-,28-/m1/s1. The monoisotopic (exact) mass is 526 g/mol. The third kappa shape index (κ3) is 6.32. The first kappa shape index (κ1) is 27.6. The fourth-order valence-corrected chi connectivity index (χ4v) is 5.30. The molecule has 206 valence electrons. The Morgan fingerprint density at radius 1 is 1.00 bits per heavy atom. The number of amides is 1. The number of benzene rings is 2. The quantitative estimate of drug-likeness (QED) is 0.384. The highest BCUT2D eigenvalue weighted by Crippen LogP contribution is 2.45. The Morgan fingerprint density at radius 2 is 1.66 bits per heavy atom. The van der Waals surface area contributed by atoms with Crippen LogP contribution in [0.2, 0.25) is 0 Å². The maximum atomic E-state index is 13.6. The minimum atomic E-state index is -1.35. The Labute approximate surface area is 224 Å². The van der Waals surface area contributed by atoms with Gasteiger partial charge in [-0.3, -0.25) is 9.69 Å². The fourth-order valence-electron chi connectivity index (χ4n) is 5.30. The number of fused-ring (bicyclic) bond motifs is 1. The van der Waals surface area contributed by atoms with Gasteiger partial charge in [-0.05, 0) is 48.2 Å². The number of likely N-dealkylation sites (tertiary alicyclic amines) is 1. The van der Waals surface area contributed by atoms with E-state index in [0.717, 1.165) is 49.9 Å². The van der Waals surface area contributed by atoms with E-state index in [4.69, 9.17) is 18.9 Å². The second kappa shape index (κ2) is 12.9. The average molecular weight is 527 g/mol. The second-order valence-electron chi connectivity index (χ2n) is 9.80. The van der Waals surface area contributed by atoms with Gasteiger partial charge in [-0.1, -0.05) is 44.9 Å². The van der Waals surface area contributed by atoms with E-state index >= 15 is 0 Å². The van der Waals surface area contributed by atoms with Crippen molar-refractivity contribution in [1.29, 1.82) is 0 Å². The molecule has 1 amide bonds. The number of unbranched alkanes of at least 4 members (excludes halogenated alkanes) is 2. The van der Waals surface area contributed by atoms with E-state index in [2.05, 4.69) is 18.7 Å². The molecule has 0 aromatic heterocycles. The van der Waals surface area contributed by atoms with Gasteiger partial charge >= 0.3 is 6.16 Å². The van der Waals surface area contributed by atoms with Gasteiger partial charge in [0.1, 0.15) is 11.9 Å². The molecule has 2 heterocycles. The summed E-state index contributed by atoms with van der Waals surface area (Å²) in [5, 5.41) is 9.71. The van der Waals surface area contributed by atoms with Crippen LogP contribution in [0, 0.1) is 0 Å². The summed E-state index contributed by atoms with van der Waals surface area (Å²) in [6.45, 7) is 6.45. The van der Waals surface area contributed by atoms with Crippen molar-refractivity contribution >= 4 is 12.1 Å². The van der Waals surface area contributed by atoms with Gasteiger partial charge in [0.25, 0.3) is 0 Å². The Bertz CT molecular complexity index is 1080. The average Bonchev–Trinajstić information content (AvgIpc) is 3.52. The molecule has 3 atom stereocenters. The predicted molar refractivity (Wildman–Crippen MR) is 142 cm³/mol. The Hall–Kier alpha value is -3.46. The first-order chi connectivity index (χ1) is 18.4. The SMILES string of the molecule is CCCCN(CCCC)C(=O)CN1C[C@H](c2ccc3c(c2)OCO3)[C@@H](OC(=O)O)[C@H]1c1ccc(OC)cc1. The number of methoxy groups -OCH3 is 1. The van der Waals surface area contributed by atoms with Gasteiger partial charge in [-0.2, -0.15) is 0 Å². The highest BCUT2D eigenvalue weighted by atomic mass is 16.7. The molecule has 1 fully saturated rings. The van der Waals surface area contributed by atoms with Crippen molar-refractivity contribution in [3.63, 3.8) is 0 Å². The van der Waals surface area contributed by atoms with E-state index in [0.29, 0.717) is 23.8 Å². The van der Waals surface area contributed by atoms with Crippen molar-refractivity contribution in [2.75, 3.05) is 40.1 Å². The Balaban J connectivity index is 1.68. The van der Waals surface area contributed by atoms with Gasteiger partial charge in [0.15, 0.2) is 11.5 Å². The van der Waals surface area contributed by atoms with Gasteiger partial charge in [-0.15, -0.1) is 0 Å². The zero-order valence-corrected chi connectivity index (χ0v) is 22.4. The van der Waals surface area contributed by atoms with E-state index in [-0.39, 0.29) is 25.2 Å². The molecule has 0 spiro atoms. The van der Waals surface area contributed by atoms with Crippen LogP contribution in [-0.2, 0) is 9.53 Å². The largest absolute Gasteiger partial charge is 0.506 e. The Morgan fingerprint density at radius 3 is 2.29 bits per heavy atom. The molecule has 0 bridgehead atoms. The smallest absolute Gasteiger partial charge is 0.497 e. The summed E-state index contributed by atoms with van der Waals surface area (Å²) in [5.41, 5.74) is 1.74. The summed E-state index contributed by atoms with van der Waals surface area (Å²) in [7, 11) is 1.60. The third-order valence-corrected chi connectivity index (χ3v) is 7.31. The normalized spacial score (nSPS) is 20.3. The van der Waals surface area contributed by atoms with Crippen molar-refractivity contribution in [3.05, 3.63) is 53.6 Å². The number of ether oxygens (including phenoxy) is 4. The molecule has 0 radical (unpaired) electrons. The summed E-state index contributed by atoms with van der Waals surface area (Å²) < 4.78 is 21.9. The highest BCUT2D eigenvalue weighted by molar-refractivity contribution is 5.78. The topological polar surface area (TPSA) is 97.8 Å². The Kier molecular flexibility index (Phi) is 9.33. The fraction of sp³-hybridized carbons (Fsp3) is 0.517. The molecule has 0 saturated carbocycles. The van der Waals surface area contributed by atoms with Crippen molar-refractivity contribution in [2.24, 2.45) is 0 Å². The maximum absolute atomic E-state index is 13.6. The van der Waals surface area contributed by atoms with Gasteiger partial charge in [0.05, 0.1) is 19.7 Å². The minimum absolute atomic E-state index is 0.0471. The molecule has 2 aromatic carbocycles. The van der Waals surface area contributed by atoms with Crippen LogP contribution < -0.4 is 14.2 Å². The van der Waals surface area contributed by atoms with Crippen LogP contribution in [0.25, 0.3) is 0 Å². The molecule has 9 nitrogen and oxygen atoms in total. The van der Waals surface area contributed by atoms with Crippen LogP contribution >= 0.6 is 0 Å². The van der Waals surface area contributed by atoms with Crippen LogP contribution in [-0.4, -0.2) is 73.2 Å². The van der Waals surface area contributed by atoms with E-state index in [9.17, 15) is 14.7 Å². The lowest BCUT2D eigenvalue weighted by Crippen LogP contribution is -2.42. The van der Waals surface area contributed by atoms with Gasteiger partial charge in [0, 0.05) is 25.6 Å². The molecule has 2 aliphatic heterocycles. The molecular weight excluding hydrogens is 488 g/mol. The number of rotatable bonds is 12. The molecule has 0 aliphatic carbocycles. The zero-order valence-electron chi connectivity index (χ0n) is 22.4. The first-order valence-electron chi connectivity index (χ1n) is 13.4. The lowest BCUT2D eigenvalue weighted by molar-refractivity contribution is -0.133. The van der Waals surface area contributed by atoms with Gasteiger partial charge in [0.2, 0.25) is 12.7 Å². The summed E-state index contributed by atoms with van der Waals surface area (Å²) in [4.78, 5) is 29.5. The lowest BCUT2D eigenvalue weighted by atomic mass is 9.90. The molecule has 38 heavy (non-hydrogen) atoms. The molecule has 1 N–H and O–H groups in total. The van der Waals surface area contributed by atoms with Crippen LogP contribution in [0.5, 0.6) is 17.2 Å².